The Balaban J connectivity index is 1.69. The first-order chi connectivity index (χ1) is 13.1. The van der Waals surface area contributed by atoms with Gasteiger partial charge in [0.15, 0.2) is 0 Å². The second kappa shape index (κ2) is 7.23. The molecule has 1 fully saturated rings. The molecule has 4 heteroatoms. The smallest absolute Gasteiger partial charge is 0.204 e. The number of rotatable bonds is 5. The molecule has 0 bridgehead atoms. The van der Waals surface area contributed by atoms with Crippen LogP contribution in [-0.4, -0.2) is 34.9 Å². The molecule has 0 N–H and O–H groups in total. The van der Waals surface area contributed by atoms with E-state index < -0.39 is 5.72 Å². The number of fused-ring (bicyclic) bond motifs is 3. The molecule has 0 radical (unpaired) electrons. The summed E-state index contributed by atoms with van der Waals surface area (Å²) in [5.41, 5.74) is 0.472. The highest BCUT2D eigenvalue weighted by atomic mass is 16.5. The first-order valence-corrected chi connectivity index (χ1v) is 10.4. The monoisotopic (exact) mass is 365 g/mol. The highest BCUT2D eigenvalue weighted by molar-refractivity contribution is 5.97. The second-order valence-corrected chi connectivity index (χ2v) is 8.60. The number of piperidine rings is 1. The molecule has 1 aromatic heterocycles. The van der Waals surface area contributed by atoms with Gasteiger partial charge >= 0.3 is 0 Å². The Bertz CT molecular complexity index is 845. The maximum absolute atomic E-state index is 6.80. The summed E-state index contributed by atoms with van der Waals surface area (Å²) in [6.45, 7) is 9.06. The maximum atomic E-state index is 6.80. The predicted molar refractivity (Wildman–Crippen MR) is 112 cm³/mol. The average Bonchev–Trinajstić information content (AvgIpc) is 2.68. The van der Waals surface area contributed by atoms with E-state index in [0.717, 1.165) is 41.7 Å². The van der Waals surface area contributed by atoms with Gasteiger partial charge in [0.05, 0.1) is 6.21 Å². The number of benzene rings is 1. The van der Waals surface area contributed by atoms with Gasteiger partial charge < -0.3 is 4.74 Å². The first-order valence-electron chi connectivity index (χ1n) is 10.4. The van der Waals surface area contributed by atoms with Crippen molar-refractivity contribution in [2.75, 3.05) is 13.1 Å². The minimum Gasteiger partial charge on any atom is -0.464 e. The molecule has 0 amide bonds. The maximum Gasteiger partial charge on any atom is 0.204 e. The van der Waals surface area contributed by atoms with E-state index in [4.69, 9.17) is 9.73 Å². The van der Waals surface area contributed by atoms with Crippen LogP contribution >= 0.6 is 0 Å². The fourth-order valence-corrected chi connectivity index (χ4v) is 4.64. The molecule has 27 heavy (non-hydrogen) atoms. The van der Waals surface area contributed by atoms with Gasteiger partial charge in [0.25, 0.3) is 0 Å². The lowest BCUT2D eigenvalue weighted by molar-refractivity contribution is -0.134. The Kier molecular flexibility index (Phi) is 4.94. The molecule has 1 spiro atoms. The number of pyridine rings is 1. The van der Waals surface area contributed by atoms with Crippen LogP contribution in [0.15, 0.2) is 35.6 Å². The molecular weight excluding hydrogens is 334 g/mol. The SMILES string of the molecule is CCCCCCN1CCCC(C)(C)C12C=Nc1c(ccc3ccncc13)O2. The highest BCUT2D eigenvalue weighted by Crippen LogP contribution is 2.49. The summed E-state index contributed by atoms with van der Waals surface area (Å²) >= 11 is 0. The number of hydrogen-bond acceptors (Lipinski definition) is 4. The number of hydrogen-bond donors (Lipinski definition) is 0. The summed E-state index contributed by atoms with van der Waals surface area (Å²) in [7, 11) is 0. The van der Waals surface area contributed by atoms with Gasteiger partial charge in [-0.1, -0.05) is 46.1 Å². The average molecular weight is 366 g/mol. The molecule has 1 aromatic carbocycles. The summed E-state index contributed by atoms with van der Waals surface area (Å²) < 4.78 is 6.80. The fraction of sp³-hybridized carbons (Fsp3) is 0.565. The topological polar surface area (TPSA) is 37.7 Å². The lowest BCUT2D eigenvalue weighted by Gasteiger charge is -2.55. The van der Waals surface area contributed by atoms with E-state index in [-0.39, 0.29) is 5.41 Å². The zero-order valence-corrected chi connectivity index (χ0v) is 16.9. The van der Waals surface area contributed by atoms with Crippen molar-refractivity contribution in [1.29, 1.82) is 0 Å². The van der Waals surface area contributed by atoms with Gasteiger partial charge in [-0.25, -0.2) is 0 Å². The minimum atomic E-state index is -0.458. The highest BCUT2D eigenvalue weighted by Gasteiger charge is 2.54. The Morgan fingerprint density at radius 3 is 2.89 bits per heavy atom. The molecule has 4 nitrogen and oxygen atoms in total. The lowest BCUT2D eigenvalue weighted by Crippen LogP contribution is -2.66. The van der Waals surface area contributed by atoms with Gasteiger partial charge in [0, 0.05) is 36.3 Å². The number of aliphatic imine (C=N–C) groups is 1. The van der Waals surface area contributed by atoms with E-state index in [0.29, 0.717) is 0 Å². The van der Waals surface area contributed by atoms with E-state index in [1.807, 2.05) is 18.5 Å². The zero-order chi connectivity index (χ0) is 18.9. The normalized spacial score (nSPS) is 24.1. The van der Waals surface area contributed by atoms with Crippen molar-refractivity contribution in [3.8, 4) is 5.75 Å². The number of aromatic nitrogens is 1. The van der Waals surface area contributed by atoms with E-state index in [9.17, 15) is 0 Å². The molecule has 1 saturated heterocycles. The standard InChI is InChI=1S/C23H31N3O/c1-4-5-6-7-14-26-15-8-12-22(2,3)23(26)17-25-21-19-16-24-13-11-18(19)9-10-20(21)27-23/h9-11,13,16-17H,4-8,12,14-15H2,1-3H3. The molecule has 3 heterocycles. The van der Waals surface area contributed by atoms with Crippen LogP contribution in [0.25, 0.3) is 10.8 Å². The largest absolute Gasteiger partial charge is 0.464 e. The molecule has 2 aliphatic rings. The Hall–Kier alpha value is -1.94. The van der Waals surface area contributed by atoms with E-state index in [1.54, 1.807) is 0 Å². The Morgan fingerprint density at radius 2 is 2.04 bits per heavy atom. The molecular formula is C23H31N3O. The molecule has 1 atom stereocenters. The number of nitrogens with zero attached hydrogens (tertiary/aromatic N) is 3. The van der Waals surface area contributed by atoms with Crippen LogP contribution in [0.2, 0.25) is 0 Å². The van der Waals surface area contributed by atoms with E-state index in [2.05, 4.69) is 49.0 Å². The van der Waals surface area contributed by atoms with Crippen LogP contribution in [0, 0.1) is 5.41 Å². The summed E-state index contributed by atoms with van der Waals surface area (Å²) in [5.74, 6) is 0.881. The van der Waals surface area contributed by atoms with E-state index >= 15 is 0 Å². The van der Waals surface area contributed by atoms with Crippen molar-refractivity contribution < 1.29 is 4.74 Å². The van der Waals surface area contributed by atoms with Gasteiger partial charge in [-0.05, 0) is 36.8 Å². The predicted octanol–water partition coefficient (Wildman–Crippen LogP) is 5.73. The zero-order valence-electron chi connectivity index (χ0n) is 16.9. The quantitative estimate of drug-likeness (QED) is 0.635. The molecule has 0 saturated carbocycles. The minimum absolute atomic E-state index is 0.0150. The lowest BCUT2D eigenvalue weighted by atomic mass is 9.73. The number of unbranched alkanes of at least 4 members (excludes halogenated alkanes) is 3. The van der Waals surface area contributed by atoms with Gasteiger partial charge in [-0.3, -0.25) is 14.9 Å². The molecule has 144 valence electrons. The third kappa shape index (κ3) is 3.14. The van der Waals surface area contributed by atoms with Gasteiger partial charge in [0.2, 0.25) is 5.72 Å². The summed E-state index contributed by atoms with van der Waals surface area (Å²) in [6, 6.07) is 6.22. The van der Waals surface area contributed by atoms with Crippen LogP contribution < -0.4 is 4.74 Å². The second-order valence-electron chi connectivity index (χ2n) is 8.60. The van der Waals surface area contributed by atoms with Crippen LogP contribution in [-0.2, 0) is 0 Å². The van der Waals surface area contributed by atoms with Crippen molar-refractivity contribution in [2.45, 2.75) is 65.0 Å². The number of likely N-dealkylation sites (tertiary alicyclic amines) is 1. The third-order valence-electron chi connectivity index (χ3n) is 6.34. The van der Waals surface area contributed by atoms with Gasteiger partial charge in [-0.2, -0.15) is 0 Å². The van der Waals surface area contributed by atoms with Crippen molar-refractivity contribution in [3.05, 3.63) is 30.6 Å². The van der Waals surface area contributed by atoms with Crippen molar-refractivity contribution in [1.82, 2.24) is 9.88 Å². The van der Waals surface area contributed by atoms with E-state index in [1.165, 1.54) is 32.1 Å². The summed E-state index contributed by atoms with van der Waals surface area (Å²) in [5, 5.41) is 2.21. The van der Waals surface area contributed by atoms with Crippen LogP contribution in [0.4, 0.5) is 5.69 Å². The van der Waals surface area contributed by atoms with Crippen LogP contribution in [0.5, 0.6) is 5.75 Å². The summed E-state index contributed by atoms with van der Waals surface area (Å²) in [6.07, 6.45) is 13.2. The van der Waals surface area contributed by atoms with Crippen molar-refractivity contribution in [2.24, 2.45) is 10.4 Å². The molecule has 4 rings (SSSR count). The van der Waals surface area contributed by atoms with Gasteiger partial charge in [0.1, 0.15) is 11.4 Å². The van der Waals surface area contributed by atoms with Gasteiger partial charge in [-0.15, -0.1) is 0 Å². The molecule has 1 unspecified atom stereocenters. The van der Waals surface area contributed by atoms with Crippen LogP contribution in [0.3, 0.4) is 0 Å². The fourth-order valence-electron chi connectivity index (χ4n) is 4.64. The Morgan fingerprint density at radius 1 is 1.15 bits per heavy atom. The third-order valence-corrected chi connectivity index (χ3v) is 6.34. The van der Waals surface area contributed by atoms with Crippen molar-refractivity contribution in [3.63, 3.8) is 0 Å². The number of ether oxygens (including phenoxy) is 1. The summed E-state index contributed by atoms with van der Waals surface area (Å²) in [4.78, 5) is 11.8. The Labute approximate surface area is 162 Å². The molecule has 2 aliphatic heterocycles. The van der Waals surface area contributed by atoms with Crippen LogP contribution in [0.1, 0.15) is 59.3 Å². The first kappa shape index (κ1) is 18.4. The molecule has 2 aromatic rings. The van der Waals surface area contributed by atoms with Crippen molar-refractivity contribution >= 4 is 22.7 Å². The molecule has 0 aliphatic carbocycles.